The summed E-state index contributed by atoms with van der Waals surface area (Å²) in [5, 5.41) is 7.54. The molecule has 1 aromatic rings. The van der Waals surface area contributed by atoms with Gasteiger partial charge in [0.2, 0.25) is 5.72 Å². The predicted octanol–water partition coefficient (Wildman–Crippen LogP) is 2.19. The number of amides is 2. The van der Waals surface area contributed by atoms with Crippen molar-refractivity contribution in [2.45, 2.75) is 78.6 Å². The van der Waals surface area contributed by atoms with E-state index >= 15 is 0 Å². The van der Waals surface area contributed by atoms with Gasteiger partial charge in [-0.25, -0.2) is 9.78 Å². The second-order valence-electron chi connectivity index (χ2n) is 9.28. The van der Waals surface area contributed by atoms with E-state index in [1.54, 1.807) is 6.92 Å². The van der Waals surface area contributed by atoms with E-state index < -0.39 is 5.72 Å². The summed E-state index contributed by atoms with van der Waals surface area (Å²) >= 11 is 0. The van der Waals surface area contributed by atoms with Crippen molar-refractivity contribution < 1.29 is 9.53 Å². The number of urea groups is 1. The van der Waals surface area contributed by atoms with Gasteiger partial charge < -0.3 is 15.0 Å². The van der Waals surface area contributed by atoms with Crippen LogP contribution < -0.4 is 10.9 Å². The Balaban J connectivity index is 1.79. The van der Waals surface area contributed by atoms with Gasteiger partial charge in [0, 0.05) is 29.9 Å². The zero-order chi connectivity index (χ0) is 23.2. The molecule has 4 atom stereocenters. The molecule has 0 radical (unpaired) electrons. The number of carbonyl (C=O) groups is 1. The van der Waals surface area contributed by atoms with E-state index in [9.17, 15) is 9.59 Å². The summed E-state index contributed by atoms with van der Waals surface area (Å²) in [6, 6.07) is 0.283. The molecule has 176 valence electrons. The molecule has 2 fully saturated rings. The zero-order valence-corrected chi connectivity index (χ0v) is 20.1. The number of aromatic nitrogens is 2. The quantitative estimate of drug-likeness (QED) is 0.769. The van der Waals surface area contributed by atoms with Crippen LogP contribution >= 0.6 is 0 Å². The van der Waals surface area contributed by atoms with Gasteiger partial charge in [-0.3, -0.25) is 9.69 Å². The van der Waals surface area contributed by atoms with Crippen LogP contribution in [0, 0.1) is 19.8 Å². The Bertz CT molecular complexity index is 985. The highest BCUT2D eigenvalue weighted by molar-refractivity contribution is 5.95. The minimum atomic E-state index is -1.26. The van der Waals surface area contributed by atoms with Crippen LogP contribution in [-0.4, -0.2) is 69.5 Å². The van der Waals surface area contributed by atoms with Gasteiger partial charge in [0.05, 0.1) is 12.3 Å². The third kappa shape index (κ3) is 3.37. The molecule has 4 unspecified atom stereocenters. The number of carbonyl (C=O) groups excluding carboxylic acids is 1. The number of rotatable bonds is 4. The zero-order valence-electron chi connectivity index (χ0n) is 20.1. The number of fused-ring (bicyclic) bond motifs is 2. The molecule has 1 aliphatic carbocycles. The van der Waals surface area contributed by atoms with Gasteiger partial charge in [0.25, 0.3) is 5.56 Å². The molecule has 1 saturated heterocycles. The number of nitrogens with one attached hydrogen (secondary N) is 1. The number of hydrogen-bond donors (Lipinski definition) is 1. The highest BCUT2D eigenvalue weighted by atomic mass is 16.5. The predicted molar refractivity (Wildman–Crippen MR) is 123 cm³/mol. The van der Waals surface area contributed by atoms with E-state index in [2.05, 4.69) is 36.1 Å². The van der Waals surface area contributed by atoms with Crippen molar-refractivity contribution in [3.63, 3.8) is 0 Å². The van der Waals surface area contributed by atoms with Gasteiger partial charge in [0.15, 0.2) is 5.82 Å². The number of ether oxygens (including phenoxy) is 1. The van der Waals surface area contributed by atoms with E-state index in [0.717, 1.165) is 32.4 Å². The summed E-state index contributed by atoms with van der Waals surface area (Å²) in [7, 11) is 0. The maximum absolute atomic E-state index is 13.5. The molecule has 1 aromatic heterocycles. The summed E-state index contributed by atoms with van der Waals surface area (Å²) in [5.74, 6) is 0.650. The van der Waals surface area contributed by atoms with Crippen LogP contribution in [0.15, 0.2) is 9.90 Å². The van der Waals surface area contributed by atoms with Crippen molar-refractivity contribution >= 4 is 11.7 Å². The Morgan fingerprint density at radius 1 is 1.19 bits per heavy atom. The molecule has 9 heteroatoms. The summed E-state index contributed by atoms with van der Waals surface area (Å²) in [6.07, 6.45) is 2.89. The first-order valence-electron chi connectivity index (χ1n) is 11.9. The summed E-state index contributed by atoms with van der Waals surface area (Å²) in [5.41, 5.74) is 0.286. The van der Waals surface area contributed by atoms with E-state index in [1.165, 1.54) is 4.68 Å². The summed E-state index contributed by atoms with van der Waals surface area (Å²) in [6.45, 7) is 14.8. The van der Waals surface area contributed by atoms with Crippen LogP contribution in [0.2, 0.25) is 0 Å². The van der Waals surface area contributed by atoms with E-state index in [0.29, 0.717) is 42.0 Å². The molecule has 2 amide bonds. The second-order valence-corrected chi connectivity index (χ2v) is 9.28. The van der Waals surface area contributed by atoms with Crippen molar-refractivity contribution in [3.05, 3.63) is 27.4 Å². The minimum Gasteiger partial charge on any atom is -0.342 e. The van der Waals surface area contributed by atoms with Crippen LogP contribution in [0.1, 0.15) is 64.0 Å². The molecular weight excluding hydrogens is 408 g/mol. The monoisotopic (exact) mass is 444 g/mol. The van der Waals surface area contributed by atoms with E-state index in [-0.39, 0.29) is 23.6 Å². The molecule has 0 bridgehead atoms. The molecule has 32 heavy (non-hydrogen) atoms. The van der Waals surface area contributed by atoms with Crippen molar-refractivity contribution in [2.75, 3.05) is 26.2 Å². The lowest BCUT2D eigenvalue weighted by Crippen LogP contribution is -2.62. The number of nitrogens with zero attached hydrogens (tertiary/aromatic N) is 5. The minimum absolute atomic E-state index is 0.0462. The van der Waals surface area contributed by atoms with Crippen LogP contribution in [0.5, 0.6) is 0 Å². The second kappa shape index (κ2) is 8.59. The Kier molecular flexibility index (Phi) is 6.15. The first-order valence-corrected chi connectivity index (χ1v) is 11.9. The molecule has 2 aliphatic heterocycles. The average Bonchev–Trinajstić information content (AvgIpc) is 2.92. The molecule has 4 rings (SSSR count). The Labute approximate surface area is 189 Å². The summed E-state index contributed by atoms with van der Waals surface area (Å²) in [4.78, 5) is 35.5. The molecule has 1 N–H and O–H groups in total. The Morgan fingerprint density at radius 3 is 2.56 bits per heavy atom. The molecule has 1 spiro atoms. The van der Waals surface area contributed by atoms with Crippen molar-refractivity contribution in [1.82, 2.24) is 24.8 Å². The number of hydrogen-bond acceptors (Lipinski definition) is 6. The van der Waals surface area contributed by atoms with E-state index in [1.807, 2.05) is 18.7 Å². The van der Waals surface area contributed by atoms with Gasteiger partial charge in [-0.2, -0.15) is 9.78 Å². The molecule has 1 saturated carbocycles. The fourth-order valence-electron chi connectivity index (χ4n) is 5.69. The molecule has 3 heterocycles. The first-order chi connectivity index (χ1) is 15.3. The lowest BCUT2D eigenvalue weighted by Gasteiger charge is -2.48. The highest BCUT2D eigenvalue weighted by Gasteiger charge is 2.57. The Hall–Kier alpha value is -2.26. The molecule has 0 aromatic carbocycles. The SMILES string of the molecule is CCN(CC)C1CCC(N2C(=O)NCCOC23C(C)=Nn2c3nc(C)c(C)c2=O)C(C)C1. The van der Waals surface area contributed by atoms with Crippen LogP contribution in [0.25, 0.3) is 0 Å². The maximum atomic E-state index is 13.5. The molecule has 9 nitrogen and oxygen atoms in total. The maximum Gasteiger partial charge on any atom is 0.320 e. The van der Waals surface area contributed by atoms with Crippen LogP contribution in [0.4, 0.5) is 4.79 Å². The van der Waals surface area contributed by atoms with Crippen molar-refractivity contribution in [2.24, 2.45) is 11.0 Å². The largest absolute Gasteiger partial charge is 0.342 e. The third-order valence-corrected chi connectivity index (χ3v) is 7.58. The van der Waals surface area contributed by atoms with Gasteiger partial charge >= 0.3 is 6.03 Å². The lowest BCUT2D eigenvalue weighted by molar-refractivity contribution is -0.112. The third-order valence-electron chi connectivity index (χ3n) is 7.58. The molecule has 3 aliphatic rings. The number of aryl methyl sites for hydroxylation is 1. The van der Waals surface area contributed by atoms with Crippen molar-refractivity contribution in [3.8, 4) is 0 Å². The van der Waals surface area contributed by atoms with E-state index in [4.69, 9.17) is 9.72 Å². The fourth-order valence-corrected chi connectivity index (χ4v) is 5.69. The van der Waals surface area contributed by atoms with Crippen LogP contribution in [-0.2, 0) is 10.5 Å². The Morgan fingerprint density at radius 2 is 1.91 bits per heavy atom. The smallest absolute Gasteiger partial charge is 0.320 e. The topological polar surface area (TPSA) is 92.1 Å². The van der Waals surface area contributed by atoms with Gasteiger partial charge in [-0.15, -0.1) is 0 Å². The van der Waals surface area contributed by atoms with Crippen LogP contribution in [0.3, 0.4) is 0 Å². The normalized spacial score (nSPS) is 30.3. The van der Waals surface area contributed by atoms with Crippen molar-refractivity contribution in [1.29, 1.82) is 0 Å². The summed E-state index contributed by atoms with van der Waals surface area (Å²) < 4.78 is 7.75. The lowest BCUT2D eigenvalue weighted by atomic mass is 9.80. The van der Waals surface area contributed by atoms with Gasteiger partial charge in [-0.05, 0) is 59.0 Å². The van der Waals surface area contributed by atoms with Gasteiger partial charge in [-0.1, -0.05) is 20.8 Å². The van der Waals surface area contributed by atoms with Gasteiger partial charge in [0.1, 0.15) is 0 Å². The average molecular weight is 445 g/mol. The first kappa shape index (κ1) is 22.9. The fraction of sp³-hybridized carbons (Fsp3) is 0.739. The highest BCUT2D eigenvalue weighted by Crippen LogP contribution is 2.42. The standard InChI is InChI=1S/C23H36N6O3/c1-7-27(8-2)18-9-10-19(14(3)13-18)28-22(31)24-11-12-32-23(28)17(6)26-29-20(30)15(4)16(5)25-21(23)29/h14,18-19H,7-13H2,1-6H3,(H,24,31). The molecular formula is C23H36N6O3.